The highest BCUT2D eigenvalue weighted by molar-refractivity contribution is 5.68. The number of hydrogen-bond donors (Lipinski definition) is 0. The number of aromatic nitrogens is 5. The lowest BCUT2D eigenvalue weighted by Gasteiger charge is -2.23. The number of benzene rings is 3. The standard InChI is InChI=1S/C28H24N6O2/c1-19-20(2)31-36-27(19)33-15-16-35-28(33)23-13-14-25(21-9-5-3-6-10-21)24(17-23)18-34-30-26(29-32-34)22-11-7-4-8-12-22/h3-17,28H,18H2,1-2H3. The van der Waals surface area contributed by atoms with Crippen LogP contribution in [-0.2, 0) is 11.3 Å². The molecule has 1 aliphatic rings. The summed E-state index contributed by atoms with van der Waals surface area (Å²) < 4.78 is 11.6. The van der Waals surface area contributed by atoms with E-state index in [2.05, 4.69) is 50.9 Å². The Morgan fingerprint density at radius 1 is 0.889 bits per heavy atom. The van der Waals surface area contributed by atoms with Gasteiger partial charge in [0.1, 0.15) is 6.26 Å². The fraction of sp³-hybridized carbons (Fsp3) is 0.143. The van der Waals surface area contributed by atoms with E-state index in [1.807, 2.05) is 73.5 Å². The molecule has 178 valence electrons. The Morgan fingerprint density at radius 2 is 1.64 bits per heavy atom. The Labute approximate surface area is 208 Å². The number of anilines is 1. The van der Waals surface area contributed by atoms with Crippen LogP contribution in [0.15, 0.2) is 95.8 Å². The van der Waals surface area contributed by atoms with E-state index in [4.69, 9.17) is 9.26 Å². The summed E-state index contributed by atoms with van der Waals surface area (Å²) in [5, 5.41) is 17.3. The van der Waals surface area contributed by atoms with Crippen LogP contribution in [0.5, 0.6) is 0 Å². The highest BCUT2D eigenvalue weighted by Crippen LogP contribution is 2.37. The molecule has 0 aliphatic carbocycles. The van der Waals surface area contributed by atoms with Gasteiger partial charge in [-0.2, -0.15) is 4.80 Å². The van der Waals surface area contributed by atoms with E-state index in [9.17, 15) is 0 Å². The molecule has 1 aliphatic heterocycles. The van der Waals surface area contributed by atoms with E-state index in [0.29, 0.717) is 18.3 Å². The first-order valence-corrected chi connectivity index (χ1v) is 11.7. The normalized spacial score (nSPS) is 14.8. The quantitative estimate of drug-likeness (QED) is 0.312. The average Bonchev–Trinajstić information content (AvgIpc) is 3.66. The molecule has 0 radical (unpaired) electrons. The fourth-order valence-corrected chi connectivity index (χ4v) is 4.34. The maximum absolute atomic E-state index is 5.99. The second-order valence-electron chi connectivity index (χ2n) is 8.67. The smallest absolute Gasteiger partial charge is 0.237 e. The van der Waals surface area contributed by atoms with Gasteiger partial charge >= 0.3 is 0 Å². The highest BCUT2D eigenvalue weighted by atomic mass is 16.5. The predicted octanol–water partition coefficient (Wildman–Crippen LogP) is 5.67. The van der Waals surface area contributed by atoms with Crippen molar-refractivity contribution in [1.29, 1.82) is 0 Å². The summed E-state index contributed by atoms with van der Waals surface area (Å²) in [6.07, 6.45) is 3.17. The zero-order chi connectivity index (χ0) is 24.5. The fourth-order valence-electron chi connectivity index (χ4n) is 4.34. The van der Waals surface area contributed by atoms with Gasteiger partial charge in [0.05, 0.1) is 12.2 Å². The summed E-state index contributed by atoms with van der Waals surface area (Å²) in [6.45, 7) is 4.38. The average molecular weight is 477 g/mol. The van der Waals surface area contributed by atoms with Crippen LogP contribution in [0.1, 0.15) is 28.6 Å². The number of aryl methyl sites for hydroxylation is 1. The summed E-state index contributed by atoms with van der Waals surface area (Å²) >= 11 is 0. The van der Waals surface area contributed by atoms with Crippen LogP contribution >= 0.6 is 0 Å². The first-order valence-electron chi connectivity index (χ1n) is 11.7. The van der Waals surface area contributed by atoms with Crippen molar-refractivity contribution in [3.05, 3.63) is 114 Å². The van der Waals surface area contributed by atoms with Gasteiger partial charge in [-0.05, 0) is 41.8 Å². The molecule has 0 saturated carbocycles. The molecule has 8 nitrogen and oxygen atoms in total. The third-order valence-corrected chi connectivity index (χ3v) is 6.34. The second kappa shape index (κ2) is 9.14. The zero-order valence-electron chi connectivity index (χ0n) is 19.9. The summed E-state index contributed by atoms with van der Waals surface area (Å²) in [5.41, 5.74) is 7.02. The monoisotopic (exact) mass is 476 g/mol. The molecule has 2 aromatic heterocycles. The van der Waals surface area contributed by atoms with E-state index in [1.165, 1.54) is 0 Å². The van der Waals surface area contributed by atoms with Crippen molar-refractivity contribution in [3.8, 4) is 22.5 Å². The van der Waals surface area contributed by atoms with Crippen LogP contribution in [0.2, 0.25) is 0 Å². The molecule has 3 heterocycles. The van der Waals surface area contributed by atoms with Gasteiger partial charge < -0.3 is 9.26 Å². The summed E-state index contributed by atoms with van der Waals surface area (Å²) in [4.78, 5) is 3.58. The first kappa shape index (κ1) is 21.8. The van der Waals surface area contributed by atoms with Gasteiger partial charge in [0.15, 0.2) is 0 Å². The number of rotatable bonds is 6. The lowest BCUT2D eigenvalue weighted by atomic mass is 9.96. The lowest BCUT2D eigenvalue weighted by Crippen LogP contribution is -2.20. The van der Waals surface area contributed by atoms with E-state index in [0.717, 1.165) is 39.1 Å². The molecule has 36 heavy (non-hydrogen) atoms. The summed E-state index contributed by atoms with van der Waals surface area (Å²) in [6, 6.07) is 26.5. The van der Waals surface area contributed by atoms with Crippen LogP contribution in [0.3, 0.4) is 0 Å². The van der Waals surface area contributed by atoms with Gasteiger partial charge in [-0.25, -0.2) is 0 Å². The van der Waals surface area contributed by atoms with Crippen molar-refractivity contribution in [1.82, 2.24) is 25.4 Å². The van der Waals surface area contributed by atoms with Gasteiger partial charge in [-0.1, -0.05) is 78.0 Å². The molecule has 0 bridgehead atoms. The molecule has 0 amide bonds. The Morgan fingerprint density at radius 3 is 2.36 bits per heavy atom. The molecule has 0 saturated heterocycles. The zero-order valence-corrected chi connectivity index (χ0v) is 19.9. The third-order valence-electron chi connectivity index (χ3n) is 6.34. The van der Waals surface area contributed by atoms with Crippen molar-refractivity contribution in [2.75, 3.05) is 4.90 Å². The molecule has 1 atom stereocenters. The largest absolute Gasteiger partial charge is 0.472 e. The Balaban J connectivity index is 1.37. The SMILES string of the molecule is Cc1noc(N2C=COC2c2ccc(-c3ccccc3)c(Cn3nnc(-c4ccccc4)n3)c2)c1C. The minimum absolute atomic E-state index is 0.372. The van der Waals surface area contributed by atoms with Crippen LogP contribution < -0.4 is 4.90 Å². The molecule has 0 fully saturated rings. The topological polar surface area (TPSA) is 82.1 Å². The van der Waals surface area contributed by atoms with Crippen molar-refractivity contribution >= 4 is 5.88 Å². The van der Waals surface area contributed by atoms with Crippen LogP contribution in [0, 0.1) is 13.8 Å². The van der Waals surface area contributed by atoms with Gasteiger partial charge in [0, 0.05) is 22.9 Å². The van der Waals surface area contributed by atoms with E-state index < -0.39 is 0 Å². The minimum atomic E-state index is -0.372. The third kappa shape index (κ3) is 4.02. The summed E-state index contributed by atoms with van der Waals surface area (Å²) in [7, 11) is 0. The van der Waals surface area contributed by atoms with Crippen molar-refractivity contribution < 1.29 is 9.26 Å². The Hall–Kier alpha value is -4.72. The van der Waals surface area contributed by atoms with Crippen molar-refractivity contribution in [3.63, 3.8) is 0 Å². The maximum atomic E-state index is 5.99. The molecular formula is C28H24N6O2. The molecule has 3 aromatic carbocycles. The molecule has 0 N–H and O–H groups in total. The van der Waals surface area contributed by atoms with Gasteiger partial charge in [0.25, 0.3) is 0 Å². The maximum Gasteiger partial charge on any atom is 0.237 e. The lowest BCUT2D eigenvalue weighted by molar-refractivity contribution is 0.169. The predicted molar refractivity (Wildman–Crippen MR) is 136 cm³/mol. The van der Waals surface area contributed by atoms with E-state index in [-0.39, 0.29) is 6.23 Å². The first-order chi connectivity index (χ1) is 17.7. The highest BCUT2D eigenvalue weighted by Gasteiger charge is 2.29. The molecular weight excluding hydrogens is 452 g/mol. The van der Waals surface area contributed by atoms with Crippen LogP contribution in [0.25, 0.3) is 22.5 Å². The van der Waals surface area contributed by atoms with Gasteiger partial charge in [0.2, 0.25) is 17.9 Å². The van der Waals surface area contributed by atoms with Crippen LogP contribution in [-0.4, -0.2) is 25.4 Å². The number of hydrogen-bond acceptors (Lipinski definition) is 7. The van der Waals surface area contributed by atoms with Crippen molar-refractivity contribution in [2.24, 2.45) is 0 Å². The minimum Gasteiger partial charge on any atom is -0.472 e. The molecule has 6 rings (SSSR count). The molecule has 8 heteroatoms. The van der Waals surface area contributed by atoms with Crippen molar-refractivity contribution in [2.45, 2.75) is 26.6 Å². The molecule has 5 aromatic rings. The summed E-state index contributed by atoms with van der Waals surface area (Å²) in [5.74, 6) is 1.27. The van der Waals surface area contributed by atoms with Crippen LogP contribution in [0.4, 0.5) is 5.88 Å². The Kier molecular flexibility index (Phi) is 5.53. The van der Waals surface area contributed by atoms with E-state index >= 15 is 0 Å². The van der Waals surface area contributed by atoms with Gasteiger partial charge in [-0.3, -0.25) is 4.90 Å². The second-order valence-corrected chi connectivity index (χ2v) is 8.67. The van der Waals surface area contributed by atoms with Gasteiger partial charge in [-0.15, -0.1) is 10.2 Å². The molecule has 1 unspecified atom stereocenters. The Bertz CT molecular complexity index is 1520. The number of nitrogens with zero attached hydrogens (tertiary/aromatic N) is 6. The molecule has 0 spiro atoms. The number of ether oxygens (including phenoxy) is 1. The number of tetrazole rings is 1. The van der Waals surface area contributed by atoms with E-state index in [1.54, 1.807) is 11.1 Å².